The number of hydrogen-bond donors (Lipinski definition) is 0. The van der Waals surface area contributed by atoms with Crippen molar-refractivity contribution < 1.29 is 27.8 Å². The van der Waals surface area contributed by atoms with Crippen LogP contribution in [0.15, 0.2) is 0 Å². The maximum Gasteiger partial charge on any atom is 0.229 e. The van der Waals surface area contributed by atoms with Gasteiger partial charge in [-0.3, -0.25) is 9.59 Å². The molecule has 1 aliphatic heterocycles. The topological polar surface area (TPSA) is 59.1 Å². The summed E-state index contributed by atoms with van der Waals surface area (Å²) in [5, 5.41) is 0. The minimum Gasteiger partial charge on any atom is -0.381 e. The first-order valence-corrected chi connectivity index (χ1v) is 11.1. The summed E-state index contributed by atoms with van der Waals surface area (Å²) in [6, 6.07) is 0. The third-order valence-corrected chi connectivity index (χ3v) is 7.23. The molecule has 3 rings (SSSR count). The molecule has 3 fully saturated rings. The number of rotatable bonds is 4. The van der Waals surface area contributed by atoms with Gasteiger partial charge in [0, 0.05) is 46.7 Å². The molecule has 0 aromatic carbocycles. The maximum absolute atomic E-state index is 14.7. The number of methoxy groups -OCH3 is 2. The molecule has 0 bridgehead atoms. The monoisotopic (exact) mass is 430 g/mol. The van der Waals surface area contributed by atoms with Crippen LogP contribution in [-0.2, 0) is 19.1 Å². The van der Waals surface area contributed by atoms with Crippen LogP contribution in [-0.4, -0.2) is 85.6 Å². The molecule has 6 unspecified atom stereocenters. The zero-order valence-electron chi connectivity index (χ0n) is 18.6. The van der Waals surface area contributed by atoms with Crippen LogP contribution in [0.1, 0.15) is 52.4 Å². The fourth-order valence-corrected chi connectivity index (χ4v) is 5.33. The summed E-state index contributed by atoms with van der Waals surface area (Å²) in [6.45, 7) is 4.83. The van der Waals surface area contributed by atoms with Gasteiger partial charge in [-0.1, -0.05) is 0 Å². The lowest BCUT2D eigenvalue weighted by Crippen LogP contribution is -2.64. The Hall–Kier alpha value is -1.28. The van der Waals surface area contributed by atoms with Crippen molar-refractivity contribution in [2.45, 2.75) is 82.5 Å². The molecule has 172 valence electrons. The fraction of sp³-hybridized carbons (Fsp3) is 0.909. The summed E-state index contributed by atoms with van der Waals surface area (Å²) in [7, 11) is 3.14. The Kier molecular flexibility index (Phi) is 7.38. The van der Waals surface area contributed by atoms with Crippen molar-refractivity contribution in [3.05, 3.63) is 0 Å². The molecule has 0 N–H and O–H groups in total. The lowest BCUT2D eigenvalue weighted by atomic mass is 9.82. The molecule has 2 saturated carbocycles. The Bertz CT molecular complexity index is 632. The van der Waals surface area contributed by atoms with Gasteiger partial charge in [-0.25, -0.2) is 8.78 Å². The van der Waals surface area contributed by atoms with Crippen molar-refractivity contribution in [3.63, 3.8) is 0 Å². The molecule has 6 atom stereocenters. The molecule has 6 nitrogen and oxygen atoms in total. The first-order valence-electron chi connectivity index (χ1n) is 11.1. The van der Waals surface area contributed by atoms with Gasteiger partial charge in [0.25, 0.3) is 0 Å². The van der Waals surface area contributed by atoms with E-state index in [0.29, 0.717) is 45.3 Å². The third-order valence-electron chi connectivity index (χ3n) is 7.23. The van der Waals surface area contributed by atoms with Gasteiger partial charge in [0.05, 0.1) is 29.6 Å². The van der Waals surface area contributed by atoms with E-state index in [1.54, 1.807) is 24.0 Å². The standard InChI is InChI=1S/C22H36F2N2O4/c1-22(2)13-25(20(27)16-7-5-14(29-3)11-18(16)23)9-10-26(22)21(28)17-8-6-15(30-4)12-19(17)24/h14-19H,5-13H2,1-4H3. The maximum atomic E-state index is 14.7. The average Bonchev–Trinajstić information content (AvgIpc) is 2.71. The van der Waals surface area contributed by atoms with Gasteiger partial charge in [-0.05, 0) is 39.5 Å². The van der Waals surface area contributed by atoms with E-state index in [0.717, 1.165) is 0 Å². The van der Waals surface area contributed by atoms with Crippen LogP contribution in [0, 0.1) is 11.8 Å². The molecule has 1 saturated heterocycles. The molecule has 30 heavy (non-hydrogen) atoms. The van der Waals surface area contributed by atoms with Gasteiger partial charge in [-0.15, -0.1) is 0 Å². The predicted molar refractivity (Wildman–Crippen MR) is 108 cm³/mol. The first kappa shape index (κ1) is 23.4. The number of amides is 2. The molecule has 2 aliphatic carbocycles. The van der Waals surface area contributed by atoms with Crippen molar-refractivity contribution in [3.8, 4) is 0 Å². The van der Waals surface area contributed by atoms with Gasteiger partial charge in [0.15, 0.2) is 0 Å². The second-order valence-electron chi connectivity index (χ2n) is 9.65. The molecule has 0 aromatic heterocycles. The Morgan fingerprint density at radius 1 is 0.833 bits per heavy atom. The van der Waals surface area contributed by atoms with Crippen LogP contribution >= 0.6 is 0 Å². The molecule has 2 amide bonds. The van der Waals surface area contributed by atoms with Crippen LogP contribution in [0.3, 0.4) is 0 Å². The second-order valence-corrected chi connectivity index (χ2v) is 9.65. The smallest absolute Gasteiger partial charge is 0.229 e. The zero-order valence-corrected chi connectivity index (χ0v) is 18.6. The normalized spacial score (nSPS) is 37.1. The second kappa shape index (κ2) is 9.47. The van der Waals surface area contributed by atoms with Crippen LogP contribution in [0.2, 0.25) is 0 Å². The Morgan fingerprint density at radius 3 is 1.77 bits per heavy atom. The summed E-state index contributed by atoms with van der Waals surface area (Å²) >= 11 is 0. The Labute approximate surface area is 178 Å². The number of halogens is 2. The summed E-state index contributed by atoms with van der Waals surface area (Å²) in [4.78, 5) is 29.6. The lowest BCUT2D eigenvalue weighted by Gasteiger charge is -2.49. The zero-order chi connectivity index (χ0) is 22.1. The van der Waals surface area contributed by atoms with Gasteiger partial charge in [-0.2, -0.15) is 0 Å². The van der Waals surface area contributed by atoms with Crippen LogP contribution in [0.25, 0.3) is 0 Å². The highest BCUT2D eigenvalue weighted by Gasteiger charge is 2.46. The van der Waals surface area contributed by atoms with Gasteiger partial charge in [0.2, 0.25) is 11.8 Å². The number of ether oxygens (including phenoxy) is 2. The van der Waals surface area contributed by atoms with E-state index in [1.807, 2.05) is 13.8 Å². The van der Waals surface area contributed by atoms with E-state index in [4.69, 9.17) is 9.47 Å². The highest BCUT2D eigenvalue weighted by Crippen LogP contribution is 2.35. The van der Waals surface area contributed by atoms with Gasteiger partial charge >= 0.3 is 0 Å². The number of hydrogen-bond acceptors (Lipinski definition) is 4. The largest absolute Gasteiger partial charge is 0.381 e. The van der Waals surface area contributed by atoms with Gasteiger partial charge < -0.3 is 19.3 Å². The summed E-state index contributed by atoms with van der Waals surface area (Å²) in [6.07, 6.45) is 0.114. The highest BCUT2D eigenvalue weighted by molar-refractivity contribution is 5.82. The van der Waals surface area contributed by atoms with Crippen molar-refractivity contribution in [2.75, 3.05) is 33.9 Å². The highest BCUT2D eigenvalue weighted by atomic mass is 19.1. The molecule has 1 heterocycles. The van der Waals surface area contributed by atoms with Crippen molar-refractivity contribution in [2.24, 2.45) is 11.8 Å². The van der Waals surface area contributed by atoms with E-state index in [9.17, 15) is 18.4 Å². The summed E-state index contributed by atoms with van der Waals surface area (Å²) in [5.74, 6) is -1.66. The average molecular weight is 431 g/mol. The number of carbonyl (C=O) groups excluding carboxylic acids is 2. The third kappa shape index (κ3) is 4.79. The van der Waals surface area contributed by atoms with Crippen LogP contribution < -0.4 is 0 Å². The molecule has 8 heteroatoms. The number of alkyl halides is 2. The molecule has 0 spiro atoms. The number of nitrogens with zero attached hydrogens (tertiary/aromatic N) is 2. The van der Waals surface area contributed by atoms with Crippen molar-refractivity contribution in [1.82, 2.24) is 9.80 Å². The van der Waals surface area contributed by atoms with E-state index in [-0.39, 0.29) is 36.9 Å². The summed E-state index contributed by atoms with van der Waals surface area (Å²) < 4.78 is 39.7. The van der Waals surface area contributed by atoms with E-state index >= 15 is 0 Å². The lowest BCUT2D eigenvalue weighted by molar-refractivity contribution is -0.157. The molecular formula is C22H36F2N2O4. The van der Waals surface area contributed by atoms with Crippen molar-refractivity contribution >= 4 is 11.8 Å². The van der Waals surface area contributed by atoms with E-state index in [1.165, 1.54) is 0 Å². The van der Waals surface area contributed by atoms with E-state index in [2.05, 4.69) is 0 Å². The molecule has 0 aromatic rings. The summed E-state index contributed by atoms with van der Waals surface area (Å²) in [5.41, 5.74) is -0.627. The minimum absolute atomic E-state index is 0.128. The van der Waals surface area contributed by atoms with Crippen molar-refractivity contribution in [1.29, 1.82) is 0 Å². The number of piperazine rings is 1. The van der Waals surface area contributed by atoms with Crippen LogP contribution in [0.4, 0.5) is 8.78 Å². The fourth-order valence-electron chi connectivity index (χ4n) is 5.33. The molecule has 3 aliphatic rings. The first-order chi connectivity index (χ1) is 14.2. The molecule has 0 radical (unpaired) electrons. The van der Waals surface area contributed by atoms with Gasteiger partial charge in [0.1, 0.15) is 12.3 Å². The minimum atomic E-state index is -1.21. The SMILES string of the molecule is COC1CCC(C(=O)N2CCN(C(=O)C3CCC(OC)CC3F)C(C)(C)C2)C(F)C1. The Balaban J connectivity index is 1.61. The Morgan fingerprint density at radius 2 is 1.33 bits per heavy atom. The van der Waals surface area contributed by atoms with E-state index < -0.39 is 29.7 Å². The number of carbonyl (C=O) groups is 2. The quantitative estimate of drug-likeness (QED) is 0.688. The predicted octanol–water partition coefficient (Wildman–Crippen LogP) is 2.74. The molecular weight excluding hydrogens is 394 g/mol. The van der Waals surface area contributed by atoms with Crippen LogP contribution in [0.5, 0.6) is 0 Å².